The van der Waals surface area contributed by atoms with Crippen LogP contribution in [0.4, 0.5) is 0 Å². The van der Waals surface area contributed by atoms with Gasteiger partial charge in [0, 0.05) is 0 Å². The third kappa shape index (κ3) is 29.4. The average molecular weight is 71.0 g/mol. The molecule has 0 unspecified atom stereocenters. The van der Waals surface area contributed by atoms with Gasteiger partial charge in [-0.15, -0.1) is 4.91 Å². The molecular formula is H2NNaO2. The molecule has 0 fully saturated rings. The van der Waals surface area contributed by atoms with E-state index in [1.165, 1.54) is 5.34 Å². The molecule has 0 aromatic rings. The Morgan fingerprint density at radius 3 is 2.00 bits per heavy atom. The Hall–Kier alpha value is 0.400. The number of nitrogens with zero attached hydrogens (tertiary/aromatic N) is 1. The summed E-state index contributed by atoms with van der Waals surface area (Å²) in [5.41, 5.74) is 0. The number of rotatable bonds is 0. The maximum atomic E-state index is 8.11. The molecule has 1 N–H and O–H groups in total. The van der Waals surface area contributed by atoms with Gasteiger partial charge in [0.15, 0.2) is 5.34 Å². The van der Waals surface area contributed by atoms with E-state index < -0.39 is 0 Å². The van der Waals surface area contributed by atoms with Crippen LogP contribution in [0.3, 0.4) is 0 Å². The molecule has 0 heterocycles. The zero-order valence-electron chi connectivity index (χ0n) is 3.30. The van der Waals surface area contributed by atoms with Crippen molar-refractivity contribution in [3.8, 4) is 0 Å². The molecule has 3 nitrogen and oxygen atoms in total. The molecule has 0 amide bonds. The van der Waals surface area contributed by atoms with Gasteiger partial charge in [0.05, 0.1) is 0 Å². The van der Waals surface area contributed by atoms with Gasteiger partial charge in [0.1, 0.15) is 0 Å². The van der Waals surface area contributed by atoms with Crippen molar-refractivity contribution in [2.75, 3.05) is 0 Å². The maximum absolute atomic E-state index is 8.11. The fraction of sp³-hybridized carbons (Fsp3) is 0. The second kappa shape index (κ2) is 9.99. The SMILES string of the molecule is O=NO.[H-].[Na+]. The van der Waals surface area contributed by atoms with Crippen molar-refractivity contribution in [2.45, 2.75) is 0 Å². The van der Waals surface area contributed by atoms with E-state index in [2.05, 4.69) is 0 Å². The minimum absolute atomic E-state index is 0. The molecule has 0 radical (unpaired) electrons. The largest absolute Gasteiger partial charge is 1.00 e. The predicted molar refractivity (Wildman–Crippen MR) is 8.69 cm³/mol. The predicted octanol–water partition coefficient (Wildman–Crippen LogP) is -2.74. The van der Waals surface area contributed by atoms with Crippen LogP contribution in [0.25, 0.3) is 0 Å². The summed E-state index contributed by atoms with van der Waals surface area (Å²) in [6.07, 6.45) is 0. The van der Waals surface area contributed by atoms with Gasteiger partial charge in [-0.2, -0.15) is 0 Å². The van der Waals surface area contributed by atoms with Crippen LogP contribution in [-0.2, 0) is 0 Å². The first-order valence-electron chi connectivity index (χ1n) is 0.383. The van der Waals surface area contributed by atoms with Crippen LogP contribution in [-0.4, -0.2) is 5.21 Å². The van der Waals surface area contributed by atoms with Gasteiger partial charge in [0.2, 0.25) is 0 Å². The van der Waals surface area contributed by atoms with E-state index in [0.29, 0.717) is 0 Å². The molecule has 0 aliphatic heterocycles. The smallest absolute Gasteiger partial charge is 1.00 e. The maximum Gasteiger partial charge on any atom is 1.00 e. The molecule has 0 saturated carbocycles. The van der Waals surface area contributed by atoms with Gasteiger partial charge in [-0.3, -0.25) is 0 Å². The fourth-order valence-electron chi connectivity index (χ4n) is 0. The molecule has 0 rings (SSSR count). The van der Waals surface area contributed by atoms with Crippen molar-refractivity contribution in [3.05, 3.63) is 4.91 Å². The van der Waals surface area contributed by atoms with Crippen LogP contribution in [0.1, 0.15) is 1.43 Å². The van der Waals surface area contributed by atoms with Crippen molar-refractivity contribution in [1.82, 2.24) is 0 Å². The Morgan fingerprint density at radius 1 is 2.00 bits per heavy atom. The quantitative estimate of drug-likeness (QED) is 0.191. The summed E-state index contributed by atoms with van der Waals surface area (Å²) in [6, 6.07) is 0. The summed E-state index contributed by atoms with van der Waals surface area (Å²) >= 11 is 0. The van der Waals surface area contributed by atoms with Crippen LogP contribution in [0, 0.1) is 4.91 Å². The third-order valence-electron chi connectivity index (χ3n) is 0. The Balaban J connectivity index is -0.0000000200. The zero-order valence-corrected chi connectivity index (χ0v) is 4.30. The van der Waals surface area contributed by atoms with Crippen LogP contribution in [0.2, 0.25) is 0 Å². The van der Waals surface area contributed by atoms with Crippen LogP contribution >= 0.6 is 0 Å². The first kappa shape index (κ1) is 8.83. The van der Waals surface area contributed by atoms with E-state index in [4.69, 9.17) is 10.1 Å². The molecule has 0 bridgehead atoms. The van der Waals surface area contributed by atoms with Gasteiger partial charge >= 0.3 is 29.6 Å². The minimum Gasteiger partial charge on any atom is -1.00 e. The summed E-state index contributed by atoms with van der Waals surface area (Å²) in [7, 11) is 0. The van der Waals surface area contributed by atoms with E-state index in [1.807, 2.05) is 0 Å². The Bertz CT molecular complexity index is 17.1. The molecule has 4 heteroatoms. The topological polar surface area (TPSA) is 49.7 Å². The van der Waals surface area contributed by atoms with Gasteiger partial charge in [0.25, 0.3) is 0 Å². The van der Waals surface area contributed by atoms with E-state index in [-0.39, 0.29) is 31.0 Å². The molecule has 0 aromatic heterocycles. The van der Waals surface area contributed by atoms with Crippen LogP contribution in [0.5, 0.6) is 0 Å². The molecular weight excluding hydrogens is 69.0 g/mol. The van der Waals surface area contributed by atoms with Crippen molar-refractivity contribution in [1.29, 1.82) is 0 Å². The standard InChI is InChI=1S/HNO2.Na.H/c2-1-3;;/h(H,2,3);;/q;+1;-1. The van der Waals surface area contributed by atoms with E-state index in [9.17, 15) is 0 Å². The normalized spacial score (nSPS) is 3.00. The molecule has 0 saturated heterocycles. The molecule has 4 heavy (non-hydrogen) atoms. The first-order chi connectivity index (χ1) is 1.41. The summed E-state index contributed by atoms with van der Waals surface area (Å²) in [4.78, 5) is 8.11. The molecule has 0 atom stereocenters. The second-order valence-electron chi connectivity index (χ2n) is 0.0816. The molecule has 0 aliphatic rings. The Kier molecular flexibility index (Phi) is 22.1. The van der Waals surface area contributed by atoms with Crippen LogP contribution in [0.15, 0.2) is 5.34 Å². The van der Waals surface area contributed by atoms with Gasteiger partial charge in [-0.1, -0.05) is 0 Å². The summed E-state index contributed by atoms with van der Waals surface area (Å²) in [6.45, 7) is 0. The van der Waals surface area contributed by atoms with Gasteiger partial charge in [-0.25, -0.2) is 0 Å². The number of hydrogen-bond acceptors (Lipinski definition) is 2. The Morgan fingerprint density at radius 2 is 2.00 bits per heavy atom. The summed E-state index contributed by atoms with van der Waals surface area (Å²) in [5.74, 6) is 0. The molecule has 0 aliphatic carbocycles. The van der Waals surface area contributed by atoms with Crippen molar-refractivity contribution in [3.63, 3.8) is 0 Å². The van der Waals surface area contributed by atoms with Crippen molar-refractivity contribution >= 4 is 0 Å². The van der Waals surface area contributed by atoms with Gasteiger partial charge < -0.3 is 6.63 Å². The van der Waals surface area contributed by atoms with Crippen molar-refractivity contribution < 1.29 is 36.2 Å². The fourth-order valence-corrected chi connectivity index (χ4v) is 0. The van der Waals surface area contributed by atoms with E-state index in [0.717, 1.165) is 0 Å². The average Bonchev–Trinajstić information content (AvgIpc) is 0.918. The monoisotopic (exact) mass is 71.0 g/mol. The third-order valence-corrected chi connectivity index (χ3v) is 0. The van der Waals surface area contributed by atoms with Crippen LogP contribution < -0.4 is 29.6 Å². The molecule has 0 aromatic carbocycles. The Labute approximate surface area is 46.7 Å². The number of hydrogen-bond donors (Lipinski definition) is 1. The summed E-state index contributed by atoms with van der Waals surface area (Å²) < 4.78 is 0. The summed E-state index contributed by atoms with van der Waals surface area (Å²) in [5, 5.41) is 7.89. The van der Waals surface area contributed by atoms with Crippen molar-refractivity contribution in [2.24, 2.45) is 5.34 Å². The first-order valence-corrected chi connectivity index (χ1v) is 0.383. The van der Waals surface area contributed by atoms with E-state index >= 15 is 0 Å². The van der Waals surface area contributed by atoms with Gasteiger partial charge in [-0.05, 0) is 0 Å². The van der Waals surface area contributed by atoms with E-state index in [1.54, 1.807) is 0 Å². The molecule has 20 valence electrons. The minimum atomic E-state index is 0. The molecule has 0 spiro atoms. The zero-order chi connectivity index (χ0) is 2.71. The second-order valence-corrected chi connectivity index (χ2v) is 0.0816.